The van der Waals surface area contributed by atoms with Gasteiger partial charge in [0.1, 0.15) is 4.70 Å². The van der Waals surface area contributed by atoms with E-state index in [2.05, 4.69) is 10.2 Å². The van der Waals surface area contributed by atoms with E-state index in [1.165, 1.54) is 62.6 Å². The topological polar surface area (TPSA) is 75.5 Å². The molecule has 0 radical (unpaired) electrons. The van der Waals surface area contributed by atoms with E-state index in [1.807, 2.05) is 18.2 Å². The van der Waals surface area contributed by atoms with Gasteiger partial charge in [0.05, 0.1) is 10.3 Å². The number of nitro groups is 1. The first-order chi connectivity index (χ1) is 14.6. The Bertz CT molecular complexity index is 1170. The molecule has 0 amide bonds. The molecule has 5 rings (SSSR count). The van der Waals surface area contributed by atoms with Crippen LogP contribution in [0.4, 0.5) is 11.4 Å². The molecule has 7 heteroatoms. The first kappa shape index (κ1) is 19.5. The highest BCUT2D eigenvalue weighted by Gasteiger charge is 2.33. The van der Waals surface area contributed by atoms with E-state index >= 15 is 0 Å². The first-order valence-corrected chi connectivity index (χ1v) is 11.6. The van der Waals surface area contributed by atoms with Crippen LogP contribution in [0, 0.1) is 16.0 Å². The third-order valence-electron chi connectivity index (χ3n) is 6.69. The maximum absolute atomic E-state index is 13.3. The maximum atomic E-state index is 13.3. The Morgan fingerprint density at radius 1 is 1.10 bits per heavy atom. The Labute approximate surface area is 178 Å². The van der Waals surface area contributed by atoms with Crippen molar-refractivity contribution in [3.05, 3.63) is 56.7 Å². The lowest BCUT2D eigenvalue weighted by molar-refractivity contribution is -0.382. The average molecular weight is 424 g/mol. The highest BCUT2D eigenvalue weighted by atomic mass is 32.1. The molecule has 2 aliphatic heterocycles. The number of fused-ring (bicyclic) bond motifs is 3. The molecule has 1 N–H and O–H groups in total. The van der Waals surface area contributed by atoms with Crippen LogP contribution >= 0.6 is 11.3 Å². The Morgan fingerprint density at radius 2 is 1.93 bits per heavy atom. The fourth-order valence-corrected chi connectivity index (χ4v) is 6.42. The Kier molecular flexibility index (Phi) is 5.16. The van der Waals surface area contributed by atoms with Crippen LogP contribution in [0.15, 0.2) is 41.2 Å². The summed E-state index contributed by atoms with van der Waals surface area (Å²) in [6.45, 7) is 3.19. The number of non-ortho nitro benzene ring substituents is 1. The molecule has 2 aromatic carbocycles. The summed E-state index contributed by atoms with van der Waals surface area (Å²) in [5.74, 6) is 0.545. The molecule has 156 valence electrons. The van der Waals surface area contributed by atoms with Gasteiger partial charge in [0.2, 0.25) is 0 Å². The van der Waals surface area contributed by atoms with E-state index < -0.39 is 4.92 Å². The third kappa shape index (κ3) is 3.36. The van der Waals surface area contributed by atoms with Crippen LogP contribution in [0.1, 0.15) is 32.1 Å². The second-order valence-electron chi connectivity index (χ2n) is 8.40. The first-order valence-electron chi connectivity index (χ1n) is 10.7. The van der Waals surface area contributed by atoms with Gasteiger partial charge in [0, 0.05) is 34.4 Å². The second kappa shape index (κ2) is 7.96. The van der Waals surface area contributed by atoms with Crippen molar-refractivity contribution in [2.45, 2.75) is 38.1 Å². The van der Waals surface area contributed by atoms with E-state index in [4.69, 9.17) is 0 Å². The molecular formula is C23H25N3O3S. The number of nitrogens with one attached hydrogen (secondary N) is 1. The van der Waals surface area contributed by atoms with Crippen LogP contribution in [0.25, 0.3) is 20.2 Å². The Balaban J connectivity index is 1.54. The molecule has 0 aliphatic carbocycles. The number of nitrogens with zero attached hydrogens (tertiary/aromatic N) is 2. The third-order valence-corrected chi connectivity index (χ3v) is 7.88. The van der Waals surface area contributed by atoms with Gasteiger partial charge in [-0.2, -0.15) is 0 Å². The van der Waals surface area contributed by atoms with Gasteiger partial charge in [-0.05, 0) is 62.9 Å². The van der Waals surface area contributed by atoms with Crippen molar-refractivity contribution < 1.29 is 4.92 Å². The van der Waals surface area contributed by atoms with Crippen molar-refractivity contribution >= 4 is 42.9 Å². The summed E-state index contributed by atoms with van der Waals surface area (Å²) in [7, 11) is 0. The van der Waals surface area contributed by atoms with Crippen molar-refractivity contribution in [1.29, 1.82) is 0 Å². The molecule has 0 bridgehead atoms. The summed E-state index contributed by atoms with van der Waals surface area (Å²) in [5, 5.41) is 16.2. The predicted octanol–water partition coefficient (Wildman–Crippen LogP) is 5.00. The van der Waals surface area contributed by atoms with Crippen molar-refractivity contribution in [3.63, 3.8) is 0 Å². The van der Waals surface area contributed by atoms with Crippen LogP contribution in [-0.4, -0.2) is 35.5 Å². The minimum atomic E-state index is -0.391. The number of nitro benzene ring substituents is 1. The molecule has 3 aromatic rings. The molecule has 2 atom stereocenters. The number of piperidine rings is 2. The lowest BCUT2D eigenvalue weighted by Crippen LogP contribution is -2.49. The summed E-state index contributed by atoms with van der Waals surface area (Å²) >= 11 is 1.32. The summed E-state index contributed by atoms with van der Waals surface area (Å²) in [5.41, 5.74) is 0.587. The van der Waals surface area contributed by atoms with Crippen molar-refractivity contribution in [2.75, 3.05) is 25.0 Å². The molecule has 3 heterocycles. The van der Waals surface area contributed by atoms with Crippen LogP contribution in [-0.2, 0) is 0 Å². The SMILES string of the molecule is O=c1c2ccccc2sc2c([N+](=O)[O-])ccc(NC[C@@H]3CCCN4CCCC[C@H]34)c12. The standard InChI is InChI=1S/C23H25N3O3S/c27-22-16-7-1-2-9-20(16)30-23-19(26(28)29)11-10-17(21(22)23)24-14-15-6-5-13-25-12-4-3-8-18(15)25/h1-2,7,9-11,15,18,24H,3-6,8,12-14H2/t15-,18+/m0/s1. The number of rotatable bonds is 4. The fourth-order valence-electron chi connectivity index (χ4n) is 5.24. The Morgan fingerprint density at radius 3 is 2.80 bits per heavy atom. The molecule has 2 saturated heterocycles. The highest BCUT2D eigenvalue weighted by molar-refractivity contribution is 7.25. The van der Waals surface area contributed by atoms with E-state index in [0.717, 1.165) is 16.9 Å². The summed E-state index contributed by atoms with van der Waals surface area (Å²) in [4.78, 5) is 27.2. The summed E-state index contributed by atoms with van der Waals surface area (Å²) < 4.78 is 1.23. The Hall–Kier alpha value is -2.51. The summed E-state index contributed by atoms with van der Waals surface area (Å²) in [6, 6.07) is 11.2. The number of hydrogen-bond donors (Lipinski definition) is 1. The van der Waals surface area contributed by atoms with Gasteiger partial charge in [-0.3, -0.25) is 14.9 Å². The lowest BCUT2D eigenvalue weighted by Gasteiger charge is -2.44. The molecule has 0 spiro atoms. The van der Waals surface area contributed by atoms with Gasteiger partial charge in [-0.25, -0.2) is 0 Å². The largest absolute Gasteiger partial charge is 0.384 e. The van der Waals surface area contributed by atoms with Crippen molar-refractivity contribution in [1.82, 2.24) is 4.90 Å². The van der Waals surface area contributed by atoms with Gasteiger partial charge in [-0.15, -0.1) is 11.3 Å². The summed E-state index contributed by atoms with van der Waals surface area (Å²) in [6.07, 6.45) is 6.22. The van der Waals surface area contributed by atoms with Gasteiger partial charge in [0.25, 0.3) is 5.69 Å². The molecule has 2 aliphatic rings. The fraction of sp³-hybridized carbons (Fsp3) is 0.435. The van der Waals surface area contributed by atoms with Gasteiger partial charge in [-0.1, -0.05) is 18.6 Å². The lowest BCUT2D eigenvalue weighted by atomic mass is 9.83. The molecule has 0 unspecified atom stereocenters. The monoisotopic (exact) mass is 423 g/mol. The average Bonchev–Trinajstić information content (AvgIpc) is 2.77. The van der Waals surface area contributed by atoms with Crippen molar-refractivity contribution in [2.24, 2.45) is 5.92 Å². The smallest absolute Gasteiger partial charge is 0.287 e. The van der Waals surface area contributed by atoms with E-state index in [1.54, 1.807) is 12.1 Å². The zero-order valence-electron chi connectivity index (χ0n) is 16.8. The van der Waals surface area contributed by atoms with Crippen LogP contribution in [0.3, 0.4) is 0 Å². The molecule has 2 fully saturated rings. The van der Waals surface area contributed by atoms with E-state index in [9.17, 15) is 14.9 Å². The quantitative estimate of drug-likeness (QED) is 0.363. The van der Waals surface area contributed by atoms with Crippen LogP contribution in [0.5, 0.6) is 0 Å². The van der Waals surface area contributed by atoms with Crippen LogP contribution < -0.4 is 10.7 Å². The molecule has 30 heavy (non-hydrogen) atoms. The highest BCUT2D eigenvalue weighted by Crippen LogP contribution is 2.37. The minimum Gasteiger partial charge on any atom is -0.384 e. The van der Waals surface area contributed by atoms with Gasteiger partial charge in [0.15, 0.2) is 5.43 Å². The second-order valence-corrected chi connectivity index (χ2v) is 9.46. The zero-order chi connectivity index (χ0) is 20.7. The molecule has 1 aromatic heterocycles. The van der Waals surface area contributed by atoms with Crippen LogP contribution in [0.2, 0.25) is 0 Å². The predicted molar refractivity (Wildman–Crippen MR) is 123 cm³/mol. The van der Waals surface area contributed by atoms with E-state index in [0.29, 0.717) is 27.4 Å². The molecule has 6 nitrogen and oxygen atoms in total. The number of hydrogen-bond acceptors (Lipinski definition) is 6. The number of benzene rings is 2. The normalized spacial score (nSPS) is 22.1. The van der Waals surface area contributed by atoms with E-state index in [-0.39, 0.29) is 11.1 Å². The zero-order valence-corrected chi connectivity index (χ0v) is 17.6. The van der Waals surface area contributed by atoms with Gasteiger partial charge >= 0.3 is 0 Å². The molecular weight excluding hydrogens is 398 g/mol. The van der Waals surface area contributed by atoms with Gasteiger partial charge < -0.3 is 10.2 Å². The number of anilines is 1. The molecule has 0 saturated carbocycles. The maximum Gasteiger partial charge on any atom is 0.287 e. The minimum absolute atomic E-state index is 0.000440. The van der Waals surface area contributed by atoms with Crippen molar-refractivity contribution in [3.8, 4) is 0 Å².